The number of methoxy groups -OCH3 is 3. The van der Waals surface area contributed by atoms with Crippen molar-refractivity contribution in [3.8, 4) is 17.2 Å². The Hall–Kier alpha value is -3.15. The minimum atomic E-state index is 0.0345. The van der Waals surface area contributed by atoms with Gasteiger partial charge >= 0.3 is 0 Å². The summed E-state index contributed by atoms with van der Waals surface area (Å²) in [5.74, 6) is 2.22. The van der Waals surface area contributed by atoms with Gasteiger partial charge in [-0.05, 0) is 54.3 Å². The van der Waals surface area contributed by atoms with Gasteiger partial charge in [0.25, 0.3) is 0 Å². The van der Waals surface area contributed by atoms with Crippen LogP contribution in [-0.2, 0) is 17.6 Å². The highest BCUT2D eigenvalue weighted by Crippen LogP contribution is 2.28. The number of nitrogens with one attached hydrogen (secondary N) is 2. The molecule has 0 aliphatic carbocycles. The number of aryl methyl sites for hydroxylation is 1. The number of hydrogen-bond donors (Lipinski definition) is 2. The molecule has 6 heteroatoms. The summed E-state index contributed by atoms with van der Waals surface area (Å²) < 4.78 is 15.8. The zero-order valence-corrected chi connectivity index (χ0v) is 16.5. The van der Waals surface area contributed by atoms with Crippen molar-refractivity contribution >= 4 is 16.8 Å². The van der Waals surface area contributed by atoms with Gasteiger partial charge in [-0.2, -0.15) is 0 Å². The summed E-state index contributed by atoms with van der Waals surface area (Å²) >= 11 is 0. The highest BCUT2D eigenvalue weighted by atomic mass is 16.5. The molecule has 0 spiro atoms. The highest BCUT2D eigenvalue weighted by Gasteiger charge is 2.08. The molecule has 1 aromatic heterocycles. The van der Waals surface area contributed by atoms with Crippen LogP contribution < -0.4 is 19.5 Å². The molecule has 2 N–H and O–H groups in total. The fourth-order valence-corrected chi connectivity index (χ4v) is 3.21. The first-order chi connectivity index (χ1) is 13.6. The van der Waals surface area contributed by atoms with Gasteiger partial charge in [0, 0.05) is 30.1 Å². The number of aromatic amines is 1. The normalized spacial score (nSPS) is 10.7. The van der Waals surface area contributed by atoms with Crippen LogP contribution in [0.15, 0.2) is 42.6 Å². The number of fused-ring (bicyclic) bond motifs is 1. The Kier molecular flexibility index (Phi) is 6.42. The van der Waals surface area contributed by atoms with E-state index in [1.165, 1.54) is 0 Å². The van der Waals surface area contributed by atoms with E-state index < -0.39 is 0 Å². The van der Waals surface area contributed by atoms with Crippen LogP contribution in [0, 0.1) is 0 Å². The van der Waals surface area contributed by atoms with Gasteiger partial charge in [-0.25, -0.2) is 0 Å². The fourth-order valence-electron chi connectivity index (χ4n) is 3.21. The third kappa shape index (κ3) is 4.57. The summed E-state index contributed by atoms with van der Waals surface area (Å²) in [6.07, 6.45) is 3.82. The molecule has 1 amide bonds. The molecule has 2 aromatic carbocycles. The SMILES string of the molecule is COc1ccc2[nH]cc(CCNC(=O)CCc3ccc(OC)c(OC)c3)c2c1. The summed E-state index contributed by atoms with van der Waals surface area (Å²) in [7, 11) is 4.87. The topological polar surface area (TPSA) is 72.6 Å². The van der Waals surface area contributed by atoms with Crippen LogP contribution in [0.3, 0.4) is 0 Å². The van der Waals surface area contributed by atoms with E-state index in [4.69, 9.17) is 14.2 Å². The van der Waals surface area contributed by atoms with Crippen LogP contribution in [0.5, 0.6) is 17.2 Å². The number of carbonyl (C=O) groups is 1. The monoisotopic (exact) mass is 382 g/mol. The molecule has 28 heavy (non-hydrogen) atoms. The lowest BCUT2D eigenvalue weighted by Gasteiger charge is -2.10. The maximum atomic E-state index is 12.2. The summed E-state index contributed by atoms with van der Waals surface area (Å²) in [6.45, 7) is 0.592. The number of H-pyrrole nitrogens is 1. The number of amides is 1. The van der Waals surface area contributed by atoms with E-state index in [2.05, 4.69) is 10.3 Å². The number of carbonyl (C=O) groups excluding carboxylic acids is 1. The Morgan fingerprint density at radius 2 is 1.79 bits per heavy atom. The number of hydrogen-bond acceptors (Lipinski definition) is 4. The molecule has 3 rings (SSSR count). The van der Waals surface area contributed by atoms with Crippen molar-refractivity contribution in [2.45, 2.75) is 19.3 Å². The van der Waals surface area contributed by atoms with Crippen molar-refractivity contribution in [2.24, 2.45) is 0 Å². The fraction of sp³-hybridized carbons (Fsp3) is 0.318. The lowest BCUT2D eigenvalue weighted by Crippen LogP contribution is -2.25. The zero-order chi connectivity index (χ0) is 19.9. The van der Waals surface area contributed by atoms with E-state index in [-0.39, 0.29) is 5.91 Å². The van der Waals surface area contributed by atoms with Crippen molar-refractivity contribution < 1.29 is 19.0 Å². The molecule has 6 nitrogen and oxygen atoms in total. The second-order valence-electron chi connectivity index (χ2n) is 6.51. The average Bonchev–Trinajstić information content (AvgIpc) is 3.14. The first kappa shape index (κ1) is 19.6. The predicted octanol–water partition coefficient (Wildman–Crippen LogP) is 3.49. The van der Waals surface area contributed by atoms with Crippen molar-refractivity contribution in [2.75, 3.05) is 27.9 Å². The third-order valence-electron chi connectivity index (χ3n) is 4.78. The molecule has 0 bridgehead atoms. The Morgan fingerprint density at radius 1 is 0.964 bits per heavy atom. The Balaban J connectivity index is 1.50. The summed E-state index contributed by atoms with van der Waals surface area (Å²) in [4.78, 5) is 15.4. The molecular formula is C22H26N2O4. The standard InChI is InChI=1S/C22H26N2O4/c1-26-17-6-7-19-18(13-17)16(14-24-19)10-11-23-22(25)9-5-15-4-8-20(27-2)21(12-15)28-3/h4,6-8,12-14,24H,5,9-11H2,1-3H3,(H,23,25). The Morgan fingerprint density at radius 3 is 2.54 bits per heavy atom. The van der Waals surface area contributed by atoms with Gasteiger partial charge in [0.05, 0.1) is 21.3 Å². The van der Waals surface area contributed by atoms with Gasteiger partial charge in [0.15, 0.2) is 11.5 Å². The summed E-state index contributed by atoms with van der Waals surface area (Å²) in [5.41, 5.74) is 3.26. The van der Waals surface area contributed by atoms with Crippen LogP contribution in [0.25, 0.3) is 10.9 Å². The Bertz CT molecular complexity index is 949. The van der Waals surface area contributed by atoms with Crippen molar-refractivity contribution in [3.63, 3.8) is 0 Å². The molecular weight excluding hydrogens is 356 g/mol. The molecule has 3 aromatic rings. The highest BCUT2D eigenvalue weighted by molar-refractivity contribution is 5.84. The number of aromatic nitrogens is 1. The average molecular weight is 382 g/mol. The first-order valence-electron chi connectivity index (χ1n) is 9.26. The van der Waals surface area contributed by atoms with Crippen LogP contribution in [0.4, 0.5) is 0 Å². The lowest BCUT2D eigenvalue weighted by atomic mass is 10.1. The second-order valence-corrected chi connectivity index (χ2v) is 6.51. The van der Waals surface area contributed by atoms with E-state index in [1.807, 2.05) is 42.6 Å². The number of benzene rings is 2. The van der Waals surface area contributed by atoms with Gasteiger partial charge in [-0.3, -0.25) is 4.79 Å². The van der Waals surface area contributed by atoms with E-state index in [1.54, 1.807) is 21.3 Å². The smallest absolute Gasteiger partial charge is 0.220 e. The quantitative estimate of drug-likeness (QED) is 0.594. The third-order valence-corrected chi connectivity index (χ3v) is 4.78. The number of rotatable bonds is 9. The van der Waals surface area contributed by atoms with Gasteiger partial charge in [0.2, 0.25) is 5.91 Å². The van der Waals surface area contributed by atoms with E-state index in [0.29, 0.717) is 30.9 Å². The molecule has 148 valence electrons. The van der Waals surface area contributed by atoms with E-state index in [9.17, 15) is 4.79 Å². The van der Waals surface area contributed by atoms with E-state index in [0.717, 1.165) is 34.2 Å². The van der Waals surface area contributed by atoms with Crippen molar-refractivity contribution in [1.82, 2.24) is 10.3 Å². The molecule has 0 fully saturated rings. The number of ether oxygens (including phenoxy) is 3. The molecule has 0 radical (unpaired) electrons. The molecule has 0 saturated heterocycles. The van der Waals surface area contributed by atoms with Crippen molar-refractivity contribution in [3.05, 3.63) is 53.7 Å². The largest absolute Gasteiger partial charge is 0.497 e. The zero-order valence-electron chi connectivity index (χ0n) is 16.5. The van der Waals surface area contributed by atoms with Crippen LogP contribution in [-0.4, -0.2) is 38.8 Å². The van der Waals surface area contributed by atoms with Crippen molar-refractivity contribution in [1.29, 1.82) is 0 Å². The van der Waals surface area contributed by atoms with Gasteiger partial charge in [0.1, 0.15) is 5.75 Å². The molecule has 1 heterocycles. The minimum Gasteiger partial charge on any atom is -0.497 e. The molecule has 0 unspecified atom stereocenters. The van der Waals surface area contributed by atoms with Gasteiger partial charge < -0.3 is 24.5 Å². The van der Waals surface area contributed by atoms with Gasteiger partial charge in [-0.1, -0.05) is 6.07 Å². The second kappa shape index (κ2) is 9.17. The minimum absolute atomic E-state index is 0.0345. The molecule has 0 saturated carbocycles. The molecule has 0 aliphatic heterocycles. The molecule has 0 atom stereocenters. The van der Waals surface area contributed by atoms with Crippen LogP contribution in [0.1, 0.15) is 17.5 Å². The Labute approximate surface area is 164 Å². The summed E-state index contributed by atoms with van der Waals surface area (Å²) in [5, 5.41) is 4.12. The predicted molar refractivity (Wildman–Crippen MR) is 109 cm³/mol. The maximum absolute atomic E-state index is 12.2. The summed E-state index contributed by atoms with van der Waals surface area (Å²) in [6, 6.07) is 11.7. The first-order valence-corrected chi connectivity index (χ1v) is 9.26. The van der Waals surface area contributed by atoms with Crippen LogP contribution >= 0.6 is 0 Å². The van der Waals surface area contributed by atoms with Crippen LogP contribution in [0.2, 0.25) is 0 Å². The lowest BCUT2D eigenvalue weighted by molar-refractivity contribution is -0.121. The van der Waals surface area contributed by atoms with Gasteiger partial charge in [-0.15, -0.1) is 0 Å². The van der Waals surface area contributed by atoms with E-state index >= 15 is 0 Å². The molecule has 0 aliphatic rings. The maximum Gasteiger partial charge on any atom is 0.220 e.